The van der Waals surface area contributed by atoms with E-state index in [9.17, 15) is 27.5 Å². The van der Waals surface area contributed by atoms with Crippen molar-refractivity contribution in [2.45, 2.75) is 17.4 Å². The lowest BCUT2D eigenvalue weighted by molar-refractivity contribution is -0.131. The summed E-state index contributed by atoms with van der Waals surface area (Å²) in [4.78, 5) is 26.7. The quantitative estimate of drug-likeness (QED) is 0.758. The molecule has 1 saturated heterocycles. The highest BCUT2D eigenvalue weighted by molar-refractivity contribution is 7.90. The standard InChI is InChI=1S/C21H18FN3O5S/c22-14-3-6-17-19(9-14)31(29,30)25(21(28)23-17)11-20(27)24-10-12-7-16(18(24)8-12)13-1-4-15(26)5-2-13/h1-7,9,12,18,26H,8,10-11H2,(H,23,28)/t12-,18-/m1/s1. The van der Waals surface area contributed by atoms with Gasteiger partial charge in [0.05, 0.1) is 11.7 Å². The molecule has 3 aliphatic rings. The molecule has 2 aliphatic heterocycles. The van der Waals surface area contributed by atoms with Crippen LogP contribution in [-0.4, -0.2) is 53.8 Å². The molecule has 0 aromatic heterocycles. The van der Waals surface area contributed by atoms with E-state index in [0.29, 0.717) is 10.8 Å². The fourth-order valence-electron chi connectivity index (χ4n) is 4.46. The Morgan fingerprint density at radius 3 is 2.65 bits per heavy atom. The van der Waals surface area contributed by atoms with Crippen LogP contribution in [0.5, 0.6) is 5.75 Å². The molecule has 0 saturated carbocycles. The average molecular weight is 443 g/mol. The van der Waals surface area contributed by atoms with Crippen LogP contribution in [0.15, 0.2) is 53.4 Å². The molecule has 1 aliphatic carbocycles. The van der Waals surface area contributed by atoms with E-state index in [1.807, 2.05) is 0 Å². The SMILES string of the molecule is O=C(CN1C(=O)Nc2ccc(F)cc2S1(=O)=O)N1C[C@@H]2C=C(c3ccc(O)cc3)[C@H]1C2. The number of phenols is 1. The highest BCUT2D eigenvalue weighted by atomic mass is 32.2. The van der Waals surface area contributed by atoms with Crippen molar-refractivity contribution >= 4 is 33.2 Å². The molecular formula is C21H18FN3O5S. The number of rotatable bonds is 3. The lowest BCUT2D eigenvalue weighted by Crippen LogP contribution is -2.50. The number of hydrogen-bond donors (Lipinski definition) is 2. The lowest BCUT2D eigenvalue weighted by Gasteiger charge is -2.33. The molecular weight excluding hydrogens is 425 g/mol. The first kappa shape index (κ1) is 19.6. The van der Waals surface area contributed by atoms with E-state index in [1.54, 1.807) is 29.2 Å². The van der Waals surface area contributed by atoms with Crippen LogP contribution in [0.3, 0.4) is 0 Å². The number of benzene rings is 2. The highest BCUT2D eigenvalue weighted by Gasteiger charge is 2.44. The average Bonchev–Trinajstić information content (AvgIpc) is 3.33. The normalized spacial score (nSPS) is 23.4. The number of urea groups is 1. The summed E-state index contributed by atoms with van der Waals surface area (Å²) in [5, 5.41) is 11.9. The first-order valence-corrected chi connectivity index (χ1v) is 11.1. The van der Waals surface area contributed by atoms with E-state index in [2.05, 4.69) is 11.4 Å². The predicted molar refractivity (Wildman–Crippen MR) is 109 cm³/mol. The van der Waals surface area contributed by atoms with Crippen molar-refractivity contribution in [1.29, 1.82) is 0 Å². The topological polar surface area (TPSA) is 107 Å². The highest BCUT2D eigenvalue weighted by Crippen LogP contribution is 2.42. The van der Waals surface area contributed by atoms with Crippen molar-refractivity contribution in [3.63, 3.8) is 0 Å². The zero-order valence-electron chi connectivity index (χ0n) is 16.2. The molecule has 2 aromatic carbocycles. The molecule has 0 spiro atoms. The first-order chi connectivity index (χ1) is 14.7. The van der Waals surface area contributed by atoms with Crippen molar-refractivity contribution in [3.8, 4) is 5.75 Å². The number of anilines is 1. The van der Waals surface area contributed by atoms with Gasteiger partial charge in [-0.15, -0.1) is 0 Å². The van der Waals surface area contributed by atoms with Crippen LogP contribution in [0.25, 0.3) is 5.57 Å². The third-order valence-corrected chi connectivity index (χ3v) is 7.66. The van der Waals surface area contributed by atoms with Crippen molar-refractivity contribution in [3.05, 3.63) is 59.9 Å². The van der Waals surface area contributed by atoms with Crippen LogP contribution in [0.4, 0.5) is 14.9 Å². The van der Waals surface area contributed by atoms with E-state index in [0.717, 1.165) is 29.7 Å². The number of nitrogens with zero attached hydrogens (tertiary/aromatic N) is 2. The number of nitrogens with one attached hydrogen (secondary N) is 1. The number of fused-ring (bicyclic) bond motifs is 3. The molecule has 2 heterocycles. The smallest absolute Gasteiger partial charge is 0.336 e. The second-order valence-electron chi connectivity index (χ2n) is 7.81. The number of hydrogen-bond acceptors (Lipinski definition) is 5. The molecule has 2 N–H and O–H groups in total. The van der Waals surface area contributed by atoms with E-state index in [4.69, 9.17) is 0 Å². The van der Waals surface area contributed by atoms with Gasteiger partial charge in [0, 0.05) is 6.54 Å². The summed E-state index contributed by atoms with van der Waals surface area (Å²) < 4.78 is 39.8. The number of carbonyl (C=O) groups excluding carboxylic acids is 2. The third kappa shape index (κ3) is 3.14. The Kier molecular flexibility index (Phi) is 4.30. The maximum Gasteiger partial charge on any atom is 0.336 e. The van der Waals surface area contributed by atoms with Crippen molar-refractivity contribution in [2.75, 3.05) is 18.4 Å². The van der Waals surface area contributed by atoms with Crippen molar-refractivity contribution < 1.29 is 27.5 Å². The van der Waals surface area contributed by atoms with E-state index >= 15 is 0 Å². The Hall–Kier alpha value is -3.40. The Balaban J connectivity index is 1.39. The van der Waals surface area contributed by atoms with Gasteiger partial charge in [-0.05, 0) is 53.8 Å². The van der Waals surface area contributed by atoms with Crippen molar-refractivity contribution in [2.24, 2.45) is 5.92 Å². The van der Waals surface area contributed by atoms with Crippen LogP contribution in [0.2, 0.25) is 0 Å². The zero-order valence-corrected chi connectivity index (χ0v) is 17.0. The molecule has 1 fully saturated rings. The number of likely N-dealkylation sites (tertiary alicyclic amines) is 1. The van der Waals surface area contributed by atoms with Gasteiger partial charge in [0.2, 0.25) is 5.91 Å². The van der Waals surface area contributed by atoms with Gasteiger partial charge in [0.15, 0.2) is 0 Å². The minimum absolute atomic E-state index is 0.0205. The second kappa shape index (κ2) is 6.81. The summed E-state index contributed by atoms with van der Waals surface area (Å²) in [5.74, 6) is -0.987. The van der Waals surface area contributed by atoms with E-state index < -0.39 is 34.3 Å². The van der Waals surface area contributed by atoms with Crippen LogP contribution >= 0.6 is 0 Å². The number of carbonyl (C=O) groups is 2. The summed E-state index contributed by atoms with van der Waals surface area (Å²) in [5.41, 5.74) is 1.78. The van der Waals surface area contributed by atoms with Gasteiger partial charge in [0.1, 0.15) is 23.0 Å². The van der Waals surface area contributed by atoms with Gasteiger partial charge in [-0.25, -0.2) is 21.9 Å². The van der Waals surface area contributed by atoms with Gasteiger partial charge in [-0.2, -0.15) is 0 Å². The first-order valence-electron chi connectivity index (χ1n) is 9.68. The van der Waals surface area contributed by atoms with Crippen LogP contribution in [-0.2, 0) is 14.8 Å². The second-order valence-corrected chi connectivity index (χ2v) is 9.64. The monoisotopic (exact) mass is 443 g/mol. The third-order valence-electron chi connectivity index (χ3n) is 5.89. The van der Waals surface area contributed by atoms with Gasteiger partial charge in [0.25, 0.3) is 10.0 Å². The summed E-state index contributed by atoms with van der Waals surface area (Å²) in [7, 11) is -4.37. The maximum absolute atomic E-state index is 13.6. The molecule has 10 heteroatoms. The molecule has 0 unspecified atom stereocenters. The number of sulfonamides is 1. The zero-order chi connectivity index (χ0) is 21.9. The van der Waals surface area contributed by atoms with Gasteiger partial charge in [-0.3, -0.25) is 4.79 Å². The van der Waals surface area contributed by atoms with Gasteiger partial charge < -0.3 is 15.3 Å². The Labute approximate surface area is 177 Å². The Bertz CT molecular complexity index is 1240. The molecule has 3 amide bonds. The minimum Gasteiger partial charge on any atom is -0.508 e. The molecule has 31 heavy (non-hydrogen) atoms. The Morgan fingerprint density at radius 1 is 1.19 bits per heavy atom. The van der Waals surface area contributed by atoms with E-state index in [-0.39, 0.29) is 28.3 Å². The summed E-state index contributed by atoms with van der Waals surface area (Å²) in [6.45, 7) is -0.234. The maximum atomic E-state index is 13.6. The Morgan fingerprint density at radius 2 is 1.94 bits per heavy atom. The fourth-order valence-corrected chi connectivity index (χ4v) is 5.90. The summed E-state index contributed by atoms with van der Waals surface area (Å²) >= 11 is 0. The number of aromatic hydroxyl groups is 1. The largest absolute Gasteiger partial charge is 0.508 e. The summed E-state index contributed by atoms with van der Waals surface area (Å²) in [6.07, 6.45) is 2.80. The van der Waals surface area contributed by atoms with Crippen molar-refractivity contribution in [1.82, 2.24) is 9.21 Å². The molecule has 2 bridgehead atoms. The minimum atomic E-state index is -4.37. The van der Waals surface area contributed by atoms with E-state index in [1.165, 1.54) is 6.07 Å². The van der Waals surface area contributed by atoms with Gasteiger partial charge >= 0.3 is 6.03 Å². The molecule has 5 rings (SSSR count). The number of amides is 3. The lowest BCUT2D eigenvalue weighted by atomic mass is 10.00. The molecule has 8 nitrogen and oxygen atoms in total. The number of halogens is 1. The molecule has 2 aromatic rings. The predicted octanol–water partition coefficient (Wildman–Crippen LogP) is 2.38. The fraction of sp³-hybridized carbons (Fsp3) is 0.238. The van der Waals surface area contributed by atoms with Crippen LogP contribution in [0.1, 0.15) is 12.0 Å². The molecule has 0 radical (unpaired) electrons. The molecule has 160 valence electrons. The van der Waals surface area contributed by atoms with Crippen LogP contribution in [0, 0.1) is 11.7 Å². The number of phenolic OH excluding ortho intramolecular Hbond substituents is 1. The van der Waals surface area contributed by atoms with Crippen LogP contribution < -0.4 is 5.32 Å². The van der Waals surface area contributed by atoms with Gasteiger partial charge in [-0.1, -0.05) is 18.2 Å². The summed E-state index contributed by atoms with van der Waals surface area (Å²) in [6, 6.07) is 8.52. The molecule has 2 atom stereocenters.